The summed E-state index contributed by atoms with van der Waals surface area (Å²) in [6, 6.07) is 12.8. The standard InChI is InChI=1S/C18H14FN5O3S/c1-26-14-5-3-2-4-13(14)16-21-22-18-24(16)23-17(28-18)20-15(25)10-27-12-8-6-11(19)7-9-12/h2-9H,10H2,1H3,(H,20,23,25). The Morgan fingerprint density at radius 2 is 1.96 bits per heavy atom. The summed E-state index contributed by atoms with van der Waals surface area (Å²) in [6.45, 7) is -0.231. The van der Waals surface area contributed by atoms with E-state index in [9.17, 15) is 9.18 Å². The number of aromatic nitrogens is 4. The number of carbonyl (C=O) groups excluding carboxylic acids is 1. The van der Waals surface area contributed by atoms with Gasteiger partial charge in [-0.3, -0.25) is 10.1 Å². The molecule has 4 rings (SSSR count). The van der Waals surface area contributed by atoms with Gasteiger partial charge in [0.15, 0.2) is 12.4 Å². The van der Waals surface area contributed by atoms with Gasteiger partial charge in [-0.05, 0) is 36.4 Å². The number of ether oxygens (including phenoxy) is 2. The number of fused-ring (bicyclic) bond motifs is 1. The van der Waals surface area contributed by atoms with Crippen molar-refractivity contribution in [1.82, 2.24) is 19.8 Å². The summed E-state index contributed by atoms with van der Waals surface area (Å²) in [6.07, 6.45) is 0. The van der Waals surface area contributed by atoms with Crippen molar-refractivity contribution in [3.63, 3.8) is 0 Å². The van der Waals surface area contributed by atoms with Gasteiger partial charge < -0.3 is 9.47 Å². The first-order valence-electron chi connectivity index (χ1n) is 8.18. The van der Waals surface area contributed by atoms with Gasteiger partial charge in [-0.15, -0.1) is 15.3 Å². The molecule has 0 aliphatic heterocycles. The number of rotatable bonds is 6. The van der Waals surface area contributed by atoms with E-state index in [-0.39, 0.29) is 12.4 Å². The molecule has 0 aliphatic rings. The summed E-state index contributed by atoms with van der Waals surface area (Å²) in [5, 5.41) is 15.6. The number of hydrogen-bond donors (Lipinski definition) is 1. The number of halogens is 1. The van der Waals surface area contributed by atoms with Crippen molar-refractivity contribution < 1.29 is 18.7 Å². The maximum Gasteiger partial charge on any atom is 0.264 e. The Balaban J connectivity index is 1.48. The molecule has 1 amide bonds. The zero-order valence-corrected chi connectivity index (χ0v) is 15.4. The van der Waals surface area contributed by atoms with E-state index in [0.29, 0.717) is 27.4 Å². The van der Waals surface area contributed by atoms with Gasteiger partial charge in [0.05, 0.1) is 12.7 Å². The molecule has 0 spiro atoms. The number of methoxy groups -OCH3 is 1. The van der Waals surface area contributed by atoms with Crippen molar-refractivity contribution in [1.29, 1.82) is 0 Å². The van der Waals surface area contributed by atoms with Crippen molar-refractivity contribution in [2.45, 2.75) is 0 Å². The highest BCUT2D eigenvalue weighted by molar-refractivity contribution is 7.20. The van der Waals surface area contributed by atoms with Crippen LogP contribution in [0.2, 0.25) is 0 Å². The molecule has 0 saturated heterocycles. The predicted molar refractivity (Wildman–Crippen MR) is 101 cm³/mol. The molecule has 0 atom stereocenters. The number of anilines is 1. The lowest BCUT2D eigenvalue weighted by atomic mass is 10.2. The molecular formula is C18H14FN5O3S. The number of hydrogen-bond acceptors (Lipinski definition) is 7. The second kappa shape index (κ2) is 7.61. The van der Waals surface area contributed by atoms with E-state index < -0.39 is 5.91 Å². The molecule has 8 nitrogen and oxygen atoms in total. The number of amides is 1. The number of benzene rings is 2. The zero-order valence-electron chi connectivity index (χ0n) is 14.6. The van der Waals surface area contributed by atoms with Gasteiger partial charge in [0.25, 0.3) is 5.91 Å². The summed E-state index contributed by atoms with van der Waals surface area (Å²) >= 11 is 1.18. The maximum absolute atomic E-state index is 12.9. The lowest BCUT2D eigenvalue weighted by Crippen LogP contribution is -2.20. The monoisotopic (exact) mass is 399 g/mol. The largest absolute Gasteiger partial charge is 0.496 e. The molecule has 0 fully saturated rings. The van der Waals surface area contributed by atoms with Gasteiger partial charge >= 0.3 is 0 Å². The summed E-state index contributed by atoms with van der Waals surface area (Å²) in [7, 11) is 1.57. The average molecular weight is 399 g/mol. The normalized spacial score (nSPS) is 10.8. The predicted octanol–water partition coefficient (Wildman–Crippen LogP) is 3.02. The van der Waals surface area contributed by atoms with Gasteiger partial charge in [0.2, 0.25) is 10.1 Å². The van der Waals surface area contributed by atoms with Crippen LogP contribution in [0.3, 0.4) is 0 Å². The minimum atomic E-state index is -0.395. The highest BCUT2D eigenvalue weighted by Gasteiger charge is 2.17. The van der Waals surface area contributed by atoms with Gasteiger partial charge in [0.1, 0.15) is 17.3 Å². The van der Waals surface area contributed by atoms with Crippen molar-refractivity contribution in [2.24, 2.45) is 0 Å². The van der Waals surface area contributed by atoms with Crippen LogP contribution in [-0.2, 0) is 4.79 Å². The van der Waals surface area contributed by atoms with E-state index >= 15 is 0 Å². The van der Waals surface area contributed by atoms with Gasteiger partial charge in [-0.25, -0.2) is 4.39 Å². The summed E-state index contributed by atoms with van der Waals surface area (Å²) in [5.74, 6) is 0.776. The van der Waals surface area contributed by atoms with E-state index in [1.165, 1.54) is 35.6 Å². The molecule has 0 unspecified atom stereocenters. The van der Waals surface area contributed by atoms with E-state index in [2.05, 4.69) is 20.6 Å². The van der Waals surface area contributed by atoms with Crippen LogP contribution in [0.4, 0.5) is 9.52 Å². The fraction of sp³-hybridized carbons (Fsp3) is 0.111. The smallest absolute Gasteiger partial charge is 0.264 e. The number of nitrogens with one attached hydrogen (secondary N) is 1. The number of nitrogens with zero attached hydrogens (tertiary/aromatic N) is 4. The molecule has 28 heavy (non-hydrogen) atoms. The Kier molecular flexibility index (Phi) is 4.85. The number of carbonyl (C=O) groups is 1. The Bertz CT molecular complexity index is 1130. The molecule has 0 saturated carbocycles. The van der Waals surface area contributed by atoms with Crippen molar-refractivity contribution >= 4 is 27.3 Å². The molecular weight excluding hydrogens is 385 g/mol. The van der Waals surface area contributed by atoms with Gasteiger partial charge in [0, 0.05) is 0 Å². The quantitative estimate of drug-likeness (QED) is 0.536. The fourth-order valence-electron chi connectivity index (χ4n) is 2.50. The van der Waals surface area contributed by atoms with Crippen molar-refractivity contribution in [2.75, 3.05) is 19.0 Å². The Morgan fingerprint density at radius 1 is 1.18 bits per heavy atom. The van der Waals surface area contributed by atoms with Gasteiger partial charge in [-0.2, -0.15) is 4.52 Å². The average Bonchev–Trinajstić information content (AvgIpc) is 3.27. The highest BCUT2D eigenvalue weighted by Crippen LogP contribution is 2.30. The summed E-state index contributed by atoms with van der Waals surface area (Å²) < 4.78 is 25.1. The molecule has 2 aromatic carbocycles. The third-order valence-corrected chi connectivity index (χ3v) is 4.58. The molecule has 10 heteroatoms. The molecule has 1 N–H and O–H groups in total. The van der Waals surface area contributed by atoms with E-state index in [4.69, 9.17) is 9.47 Å². The molecule has 142 valence electrons. The van der Waals surface area contributed by atoms with Crippen LogP contribution >= 0.6 is 11.3 Å². The van der Waals surface area contributed by atoms with E-state index in [0.717, 1.165) is 5.56 Å². The van der Waals surface area contributed by atoms with Crippen LogP contribution in [0, 0.1) is 5.82 Å². The first-order chi connectivity index (χ1) is 13.6. The van der Waals surface area contributed by atoms with Crippen molar-refractivity contribution in [3.05, 3.63) is 54.3 Å². The second-order valence-electron chi connectivity index (χ2n) is 5.62. The first-order valence-corrected chi connectivity index (χ1v) is 8.99. The lowest BCUT2D eigenvalue weighted by molar-refractivity contribution is -0.118. The Labute approximate surface area is 162 Å². The molecule has 0 aliphatic carbocycles. The van der Waals surface area contributed by atoms with Gasteiger partial charge in [-0.1, -0.05) is 23.5 Å². The molecule has 2 aromatic heterocycles. The molecule has 0 bridgehead atoms. The van der Waals surface area contributed by atoms with Crippen LogP contribution in [0.25, 0.3) is 16.3 Å². The SMILES string of the molecule is COc1ccccc1-c1nnc2sc(NC(=O)COc3ccc(F)cc3)nn12. The molecule has 2 heterocycles. The Morgan fingerprint density at radius 3 is 2.75 bits per heavy atom. The van der Waals surface area contributed by atoms with Crippen LogP contribution in [0.1, 0.15) is 0 Å². The Hall–Kier alpha value is -3.53. The van der Waals surface area contributed by atoms with E-state index in [1.807, 2.05) is 24.3 Å². The van der Waals surface area contributed by atoms with Crippen molar-refractivity contribution in [3.8, 4) is 22.9 Å². The molecule has 0 radical (unpaired) electrons. The molecule has 4 aromatic rings. The minimum absolute atomic E-state index is 0.231. The fourth-order valence-corrected chi connectivity index (χ4v) is 3.26. The first kappa shape index (κ1) is 17.9. The maximum atomic E-state index is 12.9. The minimum Gasteiger partial charge on any atom is -0.496 e. The third-order valence-electron chi connectivity index (χ3n) is 3.77. The van der Waals surface area contributed by atoms with E-state index in [1.54, 1.807) is 11.6 Å². The van der Waals surface area contributed by atoms with Crippen LogP contribution in [0.15, 0.2) is 48.5 Å². The van der Waals surface area contributed by atoms with Crippen LogP contribution < -0.4 is 14.8 Å². The topological polar surface area (TPSA) is 90.6 Å². The summed E-state index contributed by atoms with van der Waals surface area (Å²) in [5.41, 5.74) is 0.736. The zero-order chi connectivity index (χ0) is 19.5. The van der Waals surface area contributed by atoms with Crippen LogP contribution in [0.5, 0.6) is 11.5 Å². The highest BCUT2D eigenvalue weighted by atomic mass is 32.1. The second-order valence-corrected chi connectivity index (χ2v) is 6.57. The number of para-hydroxylation sites is 1. The lowest BCUT2D eigenvalue weighted by Gasteiger charge is -2.05. The third kappa shape index (κ3) is 3.62. The van der Waals surface area contributed by atoms with Crippen LogP contribution in [-0.4, -0.2) is 39.4 Å². The summed E-state index contributed by atoms with van der Waals surface area (Å²) in [4.78, 5) is 12.6.